The lowest BCUT2D eigenvalue weighted by Gasteiger charge is -2.35. The monoisotopic (exact) mass is 378 g/mol. The van der Waals surface area contributed by atoms with Crippen molar-refractivity contribution in [2.24, 2.45) is 0 Å². The molecule has 2 aromatic carbocycles. The first kappa shape index (κ1) is 17.6. The van der Waals surface area contributed by atoms with Crippen LogP contribution in [-0.4, -0.2) is 61.1 Å². The smallest absolute Gasteiger partial charge is 0.257 e. The van der Waals surface area contributed by atoms with Crippen molar-refractivity contribution in [3.63, 3.8) is 0 Å². The first-order valence-electron chi connectivity index (χ1n) is 10.1. The number of methoxy groups -OCH3 is 1. The van der Waals surface area contributed by atoms with Crippen molar-refractivity contribution in [1.82, 2.24) is 9.80 Å². The van der Waals surface area contributed by atoms with E-state index < -0.39 is 0 Å². The van der Waals surface area contributed by atoms with E-state index in [9.17, 15) is 4.79 Å². The molecule has 3 aliphatic rings. The second-order valence-electron chi connectivity index (χ2n) is 8.12. The van der Waals surface area contributed by atoms with Gasteiger partial charge in [0.25, 0.3) is 5.91 Å². The van der Waals surface area contributed by atoms with E-state index in [1.54, 1.807) is 7.11 Å². The standard InChI is InChI=1S/C23H26N2O3/c1-24-20-13-25(17-6-4-7-17)14-22(20)28-21-12-16(9-10-19(21)23(24)26)15-5-3-8-18(11-15)27-2/h3,5,8-12,17,20,22H,4,6-7,13-14H2,1-2H3/t20-,22+/m1/s1. The van der Waals surface area contributed by atoms with Crippen LogP contribution in [0.1, 0.15) is 29.6 Å². The van der Waals surface area contributed by atoms with Crippen LogP contribution in [0.2, 0.25) is 0 Å². The van der Waals surface area contributed by atoms with Gasteiger partial charge >= 0.3 is 0 Å². The lowest BCUT2D eigenvalue weighted by atomic mass is 9.92. The van der Waals surface area contributed by atoms with Gasteiger partial charge in [-0.1, -0.05) is 24.6 Å². The third kappa shape index (κ3) is 2.85. The summed E-state index contributed by atoms with van der Waals surface area (Å²) in [5.41, 5.74) is 2.73. The number of carbonyl (C=O) groups is 1. The zero-order chi connectivity index (χ0) is 19.3. The first-order valence-corrected chi connectivity index (χ1v) is 10.1. The molecular weight excluding hydrogens is 352 g/mol. The highest BCUT2D eigenvalue weighted by atomic mass is 16.5. The van der Waals surface area contributed by atoms with Crippen molar-refractivity contribution >= 4 is 5.91 Å². The summed E-state index contributed by atoms with van der Waals surface area (Å²) in [5.74, 6) is 1.56. The van der Waals surface area contributed by atoms with E-state index >= 15 is 0 Å². The summed E-state index contributed by atoms with van der Waals surface area (Å²) in [6, 6.07) is 14.6. The Kier molecular flexibility index (Phi) is 4.27. The van der Waals surface area contributed by atoms with Crippen molar-refractivity contribution in [1.29, 1.82) is 0 Å². The van der Waals surface area contributed by atoms with Crippen LogP contribution in [0.4, 0.5) is 0 Å². The van der Waals surface area contributed by atoms with Crippen molar-refractivity contribution in [2.45, 2.75) is 37.5 Å². The molecule has 1 saturated carbocycles. The van der Waals surface area contributed by atoms with Crippen LogP contribution in [0.25, 0.3) is 11.1 Å². The molecule has 1 amide bonds. The molecule has 2 aromatic rings. The van der Waals surface area contributed by atoms with E-state index in [0.29, 0.717) is 17.4 Å². The summed E-state index contributed by atoms with van der Waals surface area (Å²) in [6.45, 7) is 1.81. The third-order valence-corrected chi connectivity index (χ3v) is 6.57. The van der Waals surface area contributed by atoms with Gasteiger partial charge in [0, 0.05) is 26.2 Å². The normalized spacial score (nSPS) is 24.8. The lowest BCUT2D eigenvalue weighted by Crippen LogP contribution is -2.44. The molecular formula is C23H26N2O3. The van der Waals surface area contributed by atoms with Crippen molar-refractivity contribution < 1.29 is 14.3 Å². The quantitative estimate of drug-likeness (QED) is 0.821. The molecule has 146 valence electrons. The SMILES string of the molecule is COc1cccc(-c2ccc3c(c2)O[C@H]2CN(C4CCC4)C[C@H]2N(C)C3=O)c1. The Hall–Kier alpha value is -2.53. The molecule has 2 atom stereocenters. The highest BCUT2D eigenvalue weighted by Crippen LogP contribution is 2.37. The summed E-state index contributed by atoms with van der Waals surface area (Å²) in [7, 11) is 3.58. The van der Waals surface area contributed by atoms with Crippen molar-refractivity contribution in [3.8, 4) is 22.6 Å². The van der Waals surface area contributed by atoms with Crippen molar-refractivity contribution in [2.75, 3.05) is 27.2 Å². The van der Waals surface area contributed by atoms with Crippen LogP contribution >= 0.6 is 0 Å². The molecule has 0 unspecified atom stereocenters. The van der Waals surface area contributed by atoms with Gasteiger partial charge in [-0.2, -0.15) is 0 Å². The number of nitrogens with zero attached hydrogens (tertiary/aromatic N) is 2. The van der Waals surface area contributed by atoms with Gasteiger partial charge in [0.15, 0.2) is 0 Å². The average Bonchev–Trinajstić information content (AvgIpc) is 3.04. The largest absolute Gasteiger partial charge is 0.497 e. The minimum absolute atomic E-state index is 0.0244. The molecule has 0 spiro atoms. The van der Waals surface area contributed by atoms with Gasteiger partial charge in [-0.05, 0) is 48.2 Å². The van der Waals surface area contributed by atoms with Crippen molar-refractivity contribution in [3.05, 3.63) is 48.0 Å². The van der Waals surface area contributed by atoms with Crippen LogP contribution in [0, 0.1) is 0 Å². The second kappa shape index (κ2) is 6.82. The summed E-state index contributed by atoms with van der Waals surface area (Å²) in [6.07, 6.45) is 3.89. The number of rotatable bonds is 3. The molecule has 2 fully saturated rings. The lowest BCUT2D eigenvalue weighted by molar-refractivity contribution is 0.0679. The molecule has 0 aromatic heterocycles. The molecule has 28 heavy (non-hydrogen) atoms. The van der Waals surface area contributed by atoms with Crippen LogP contribution in [0.5, 0.6) is 11.5 Å². The predicted octanol–water partition coefficient (Wildman–Crippen LogP) is 3.43. The van der Waals surface area contributed by atoms with Gasteiger partial charge in [0.05, 0.1) is 18.7 Å². The van der Waals surface area contributed by atoms with Gasteiger partial charge in [0.1, 0.15) is 17.6 Å². The summed E-state index contributed by atoms with van der Waals surface area (Å²) in [5, 5.41) is 0. The zero-order valence-corrected chi connectivity index (χ0v) is 16.4. The summed E-state index contributed by atoms with van der Waals surface area (Å²) in [4.78, 5) is 17.5. The highest BCUT2D eigenvalue weighted by molar-refractivity contribution is 5.98. The predicted molar refractivity (Wildman–Crippen MR) is 108 cm³/mol. The Morgan fingerprint density at radius 2 is 1.89 bits per heavy atom. The minimum Gasteiger partial charge on any atom is -0.497 e. The number of carbonyl (C=O) groups excluding carboxylic acids is 1. The van der Waals surface area contributed by atoms with Crippen LogP contribution in [0.3, 0.4) is 0 Å². The van der Waals surface area contributed by atoms with Gasteiger partial charge in [0.2, 0.25) is 0 Å². The molecule has 0 bridgehead atoms. The Balaban J connectivity index is 1.48. The maximum absolute atomic E-state index is 13.1. The first-order chi connectivity index (χ1) is 13.6. The summed E-state index contributed by atoms with van der Waals surface area (Å²) >= 11 is 0. The number of benzene rings is 2. The van der Waals surface area contributed by atoms with Gasteiger partial charge < -0.3 is 14.4 Å². The molecule has 5 rings (SSSR count). The van der Waals surface area contributed by atoms with E-state index in [1.807, 2.05) is 54.4 Å². The van der Waals surface area contributed by atoms with E-state index in [-0.39, 0.29) is 18.1 Å². The highest BCUT2D eigenvalue weighted by Gasteiger charge is 2.44. The Morgan fingerprint density at radius 1 is 1.07 bits per heavy atom. The second-order valence-corrected chi connectivity index (χ2v) is 8.12. The molecule has 1 saturated heterocycles. The number of amides is 1. The number of hydrogen-bond acceptors (Lipinski definition) is 4. The Labute approximate surface area is 165 Å². The van der Waals surface area contributed by atoms with Gasteiger partial charge in [-0.15, -0.1) is 0 Å². The average molecular weight is 378 g/mol. The molecule has 0 N–H and O–H groups in total. The zero-order valence-electron chi connectivity index (χ0n) is 16.4. The van der Waals surface area contributed by atoms with Gasteiger partial charge in [-0.25, -0.2) is 0 Å². The Morgan fingerprint density at radius 3 is 2.64 bits per heavy atom. The number of likely N-dealkylation sites (tertiary alicyclic amines) is 1. The maximum Gasteiger partial charge on any atom is 0.257 e. The van der Waals surface area contributed by atoms with E-state index in [4.69, 9.17) is 9.47 Å². The third-order valence-electron chi connectivity index (χ3n) is 6.57. The number of hydrogen-bond donors (Lipinski definition) is 0. The molecule has 0 radical (unpaired) electrons. The van der Waals surface area contributed by atoms with Gasteiger partial charge in [-0.3, -0.25) is 9.69 Å². The fourth-order valence-corrected chi connectivity index (χ4v) is 4.61. The molecule has 1 aliphatic carbocycles. The molecule has 5 nitrogen and oxygen atoms in total. The molecule has 2 heterocycles. The van der Waals surface area contributed by atoms with Crippen LogP contribution in [-0.2, 0) is 0 Å². The maximum atomic E-state index is 13.1. The molecule has 5 heteroatoms. The fourth-order valence-electron chi connectivity index (χ4n) is 4.61. The summed E-state index contributed by atoms with van der Waals surface area (Å²) < 4.78 is 11.8. The minimum atomic E-state index is 0.0244. The van der Waals surface area contributed by atoms with E-state index in [0.717, 1.165) is 30.0 Å². The molecule has 2 aliphatic heterocycles. The Bertz CT molecular complexity index is 908. The van der Waals surface area contributed by atoms with Crippen LogP contribution in [0.15, 0.2) is 42.5 Å². The number of fused-ring (bicyclic) bond motifs is 2. The number of ether oxygens (including phenoxy) is 2. The fraction of sp³-hybridized carbons (Fsp3) is 0.435. The number of likely N-dealkylation sites (N-methyl/N-ethyl adjacent to an activating group) is 1. The van der Waals surface area contributed by atoms with E-state index in [1.165, 1.54) is 19.3 Å². The van der Waals surface area contributed by atoms with Crippen LogP contribution < -0.4 is 9.47 Å². The topological polar surface area (TPSA) is 42.0 Å². The van der Waals surface area contributed by atoms with E-state index in [2.05, 4.69) is 4.90 Å².